The molecule has 3 amide bonds. The number of nitrogens with zero attached hydrogens (tertiary/aromatic N) is 2. The maximum absolute atomic E-state index is 12.2. The minimum absolute atomic E-state index is 0.0533. The lowest BCUT2D eigenvalue weighted by Crippen LogP contribution is -2.40. The number of piperidine rings is 1. The minimum atomic E-state index is -0.495. The smallest absolute Gasteiger partial charge is 0.306 e. The molecule has 7 nitrogen and oxygen atoms in total. The third-order valence-electron chi connectivity index (χ3n) is 5.13. The van der Waals surface area contributed by atoms with E-state index in [1.165, 1.54) is 0 Å². The van der Waals surface area contributed by atoms with Gasteiger partial charge in [-0.25, -0.2) is 0 Å². The van der Waals surface area contributed by atoms with Gasteiger partial charge < -0.3 is 9.64 Å². The summed E-state index contributed by atoms with van der Waals surface area (Å²) in [5.74, 6) is -0.711. The number of carbonyl (C=O) groups excluding carboxylic acids is 4. The van der Waals surface area contributed by atoms with Gasteiger partial charge in [0.2, 0.25) is 0 Å². The van der Waals surface area contributed by atoms with Crippen molar-refractivity contribution in [2.24, 2.45) is 5.92 Å². The van der Waals surface area contributed by atoms with Gasteiger partial charge in [0, 0.05) is 26.1 Å². The monoisotopic (exact) mass is 372 g/mol. The van der Waals surface area contributed by atoms with Crippen LogP contribution in [0.4, 0.5) is 0 Å². The second-order valence-corrected chi connectivity index (χ2v) is 7.14. The zero-order valence-corrected chi connectivity index (χ0v) is 15.5. The van der Waals surface area contributed by atoms with Crippen LogP contribution in [0.25, 0.3) is 0 Å². The van der Waals surface area contributed by atoms with Crippen LogP contribution in [0.1, 0.15) is 53.3 Å². The average Bonchev–Trinajstić information content (AvgIpc) is 2.92. The molecule has 2 aliphatic rings. The molecule has 27 heavy (non-hydrogen) atoms. The van der Waals surface area contributed by atoms with Crippen molar-refractivity contribution in [2.75, 3.05) is 26.2 Å². The Balaban J connectivity index is 1.38. The van der Waals surface area contributed by atoms with Crippen LogP contribution in [0.15, 0.2) is 24.3 Å². The summed E-state index contributed by atoms with van der Waals surface area (Å²) in [6.45, 7) is 3.48. The van der Waals surface area contributed by atoms with Crippen molar-refractivity contribution in [1.82, 2.24) is 9.80 Å². The van der Waals surface area contributed by atoms with Crippen molar-refractivity contribution in [3.63, 3.8) is 0 Å². The normalized spacial score (nSPS) is 17.2. The predicted octanol–water partition coefficient (Wildman–Crippen LogP) is 1.86. The molecule has 1 aromatic carbocycles. The van der Waals surface area contributed by atoms with E-state index in [1.54, 1.807) is 29.2 Å². The first-order valence-electron chi connectivity index (χ1n) is 9.36. The molecule has 0 bridgehead atoms. The largest absolute Gasteiger partial charge is 0.456 e. The van der Waals surface area contributed by atoms with Gasteiger partial charge in [-0.15, -0.1) is 0 Å². The van der Waals surface area contributed by atoms with Crippen molar-refractivity contribution in [1.29, 1.82) is 0 Å². The number of hydrogen-bond donors (Lipinski definition) is 0. The van der Waals surface area contributed by atoms with Crippen LogP contribution in [0.2, 0.25) is 0 Å². The summed E-state index contributed by atoms with van der Waals surface area (Å²) < 4.78 is 5.05. The third-order valence-corrected chi connectivity index (χ3v) is 5.13. The topological polar surface area (TPSA) is 84.0 Å². The molecule has 0 aliphatic carbocycles. The van der Waals surface area contributed by atoms with E-state index in [4.69, 9.17) is 4.74 Å². The van der Waals surface area contributed by atoms with E-state index >= 15 is 0 Å². The summed E-state index contributed by atoms with van der Waals surface area (Å²) in [6, 6.07) is 6.67. The molecule has 7 heteroatoms. The molecule has 1 saturated heterocycles. The number of rotatable bonds is 6. The Morgan fingerprint density at radius 1 is 1.07 bits per heavy atom. The fourth-order valence-corrected chi connectivity index (χ4v) is 3.39. The molecule has 1 aromatic rings. The molecule has 1 fully saturated rings. The number of fused-ring (bicyclic) bond motifs is 1. The van der Waals surface area contributed by atoms with Crippen molar-refractivity contribution in [2.45, 2.75) is 32.6 Å². The number of hydrogen-bond acceptors (Lipinski definition) is 5. The Bertz CT molecular complexity index is 717. The van der Waals surface area contributed by atoms with E-state index in [1.807, 2.05) is 0 Å². The van der Waals surface area contributed by atoms with E-state index in [0.29, 0.717) is 36.6 Å². The molecule has 2 aliphatic heterocycles. The first-order valence-corrected chi connectivity index (χ1v) is 9.36. The van der Waals surface area contributed by atoms with Crippen LogP contribution in [0.5, 0.6) is 0 Å². The van der Waals surface area contributed by atoms with Crippen LogP contribution in [-0.4, -0.2) is 59.7 Å². The predicted molar refractivity (Wildman–Crippen MR) is 97.0 cm³/mol. The highest BCUT2D eigenvalue weighted by molar-refractivity contribution is 6.21. The molecule has 0 radical (unpaired) electrons. The molecule has 0 N–H and O–H groups in total. The Kier molecular flexibility index (Phi) is 5.88. The molecule has 0 unspecified atom stereocenters. The van der Waals surface area contributed by atoms with Crippen LogP contribution in [0, 0.1) is 5.92 Å². The second-order valence-electron chi connectivity index (χ2n) is 7.14. The fourth-order valence-electron chi connectivity index (χ4n) is 3.39. The van der Waals surface area contributed by atoms with Gasteiger partial charge in [0.15, 0.2) is 6.61 Å². The number of ether oxygens (including phenoxy) is 1. The van der Waals surface area contributed by atoms with Gasteiger partial charge in [-0.2, -0.15) is 0 Å². The molecule has 0 spiro atoms. The maximum Gasteiger partial charge on any atom is 0.306 e. The molecule has 0 aromatic heterocycles. The lowest BCUT2D eigenvalue weighted by Gasteiger charge is -2.30. The number of likely N-dealkylation sites (tertiary alicyclic amines) is 1. The highest BCUT2D eigenvalue weighted by atomic mass is 16.5. The number of imide groups is 1. The Morgan fingerprint density at radius 2 is 1.67 bits per heavy atom. The first-order chi connectivity index (χ1) is 13.0. The second kappa shape index (κ2) is 8.33. The molecule has 0 saturated carbocycles. The molecule has 0 atom stereocenters. The van der Waals surface area contributed by atoms with Crippen LogP contribution in [0.3, 0.4) is 0 Å². The molecule has 3 rings (SSSR count). The highest BCUT2D eigenvalue weighted by Crippen LogP contribution is 2.22. The van der Waals surface area contributed by atoms with Crippen LogP contribution in [-0.2, 0) is 14.3 Å². The van der Waals surface area contributed by atoms with E-state index in [0.717, 1.165) is 17.7 Å². The van der Waals surface area contributed by atoms with Gasteiger partial charge in [0.25, 0.3) is 17.7 Å². The quantitative estimate of drug-likeness (QED) is 0.562. The number of amides is 3. The SMILES string of the molecule is CC1CCN(C(=O)COC(=O)CCCN2C(=O)c3ccccc3C2=O)CC1. The van der Waals surface area contributed by atoms with E-state index in [9.17, 15) is 19.2 Å². The van der Waals surface area contributed by atoms with Gasteiger partial charge >= 0.3 is 5.97 Å². The zero-order valence-electron chi connectivity index (χ0n) is 15.5. The summed E-state index contributed by atoms with van der Waals surface area (Å²) in [7, 11) is 0. The van der Waals surface area contributed by atoms with E-state index in [-0.39, 0.29) is 37.3 Å². The summed E-state index contributed by atoms with van der Waals surface area (Å²) in [5, 5.41) is 0. The Labute approximate surface area is 158 Å². The van der Waals surface area contributed by atoms with Gasteiger partial charge in [-0.3, -0.25) is 24.1 Å². The lowest BCUT2D eigenvalue weighted by atomic mass is 9.99. The van der Waals surface area contributed by atoms with Gasteiger partial charge in [-0.1, -0.05) is 19.1 Å². The summed E-state index contributed by atoms with van der Waals surface area (Å²) >= 11 is 0. The standard InChI is InChI=1S/C20H24N2O5/c1-14-8-11-21(12-9-14)17(23)13-27-18(24)7-4-10-22-19(25)15-5-2-3-6-16(15)20(22)26/h2-3,5-6,14H,4,7-13H2,1H3. The lowest BCUT2D eigenvalue weighted by molar-refractivity contribution is -0.152. The van der Waals surface area contributed by atoms with Crippen molar-refractivity contribution >= 4 is 23.7 Å². The summed E-state index contributed by atoms with van der Waals surface area (Å²) in [6.07, 6.45) is 2.30. The van der Waals surface area contributed by atoms with Gasteiger partial charge in [0.1, 0.15) is 0 Å². The highest BCUT2D eigenvalue weighted by Gasteiger charge is 2.34. The minimum Gasteiger partial charge on any atom is -0.456 e. The Hall–Kier alpha value is -2.70. The first kappa shape index (κ1) is 19.1. The van der Waals surface area contributed by atoms with E-state index in [2.05, 4.69) is 6.92 Å². The maximum atomic E-state index is 12.2. The average molecular weight is 372 g/mol. The summed E-state index contributed by atoms with van der Waals surface area (Å²) in [4.78, 5) is 51.3. The van der Waals surface area contributed by atoms with Gasteiger partial charge in [0.05, 0.1) is 11.1 Å². The number of benzene rings is 1. The van der Waals surface area contributed by atoms with Crippen molar-refractivity contribution in [3.05, 3.63) is 35.4 Å². The third kappa shape index (κ3) is 4.35. The van der Waals surface area contributed by atoms with Crippen LogP contribution >= 0.6 is 0 Å². The van der Waals surface area contributed by atoms with Crippen molar-refractivity contribution < 1.29 is 23.9 Å². The number of carbonyl (C=O) groups is 4. The van der Waals surface area contributed by atoms with E-state index < -0.39 is 5.97 Å². The molecule has 144 valence electrons. The molecular formula is C20H24N2O5. The zero-order chi connectivity index (χ0) is 19.4. The number of esters is 1. The Morgan fingerprint density at radius 3 is 2.26 bits per heavy atom. The van der Waals surface area contributed by atoms with Crippen molar-refractivity contribution in [3.8, 4) is 0 Å². The summed E-state index contributed by atoms with van der Waals surface area (Å²) in [5.41, 5.74) is 0.790. The fraction of sp³-hybridized carbons (Fsp3) is 0.500. The van der Waals surface area contributed by atoms with Crippen LogP contribution < -0.4 is 0 Å². The molecular weight excluding hydrogens is 348 g/mol. The molecule has 2 heterocycles. The van der Waals surface area contributed by atoms with Gasteiger partial charge in [-0.05, 0) is 37.3 Å².